The molecule has 0 unspecified atom stereocenters. The van der Waals surface area contributed by atoms with Crippen LogP contribution in [0, 0.1) is 5.92 Å². The molecule has 1 saturated heterocycles. The van der Waals surface area contributed by atoms with Crippen LogP contribution < -0.4 is 0 Å². The summed E-state index contributed by atoms with van der Waals surface area (Å²) in [7, 11) is 0. The maximum atomic E-state index is 12.8. The Balaban J connectivity index is 1.39. The number of ether oxygens (including phenoxy) is 1. The number of cyclic esters (lactones) is 1. The first-order valence-electron chi connectivity index (χ1n) is 13.5. The molecule has 4 rings (SSSR count). The Bertz CT molecular complexity index is 1210. The number of fused-ring (bicyclic) bond motifs is 1. The largest absolute Gasteiger partial charge is 0.508 e. The molecule has 2 heterocycles. The fourth-order valence-corrected chi connectivity index (χ4v) is 4.90. The summed E-state index contributed by atoms with van der Waals surface area (Å²) in [5.41, 5.74) is 2.10. The van der Waals surface area contributed by atoms with Crippen LogP contribution in [-0.2, 0) is 27.2 Å². The van der Waals surface area contributed by atoms with E-state index in [1.807, 2.05) is 29.2 Å². The first-order valence-corrected chi connectivity index (χ1v) is 13.5. The van der Waals surface area contributed by atoms with Gasteiger partial charge in [-0.15, -0.1) is 0 Å². The second kappa shape index (κ2) is 14.2. The van der Waals surface area contributed by atoms with Crippen LogP contribution >= 0.6 is 0 Å². The van der Waals surface area contributed by atoms with E-state index in [-0.39, 0.29) is 42.6 Å². The second-order valence-electron chi connectivity index (χ2n) is 9.92. The highest BCUT2D eigenvalue weighted by Gasteiger charge is 2.24. The molecule has 2 aliphatic rings. The Morgan fingerprint density at radius 2 is 1.77 bits per heavy atom. The van der Waals surface area contributed by atoms with Crippen molar-refractivity contribution in [1.29, 1.82) is 0 Å². The summed E-state index contributed by atoms with van der Waals surface area (Å²) in [5, 5.41) is 24.6. The number of aromatic hydroxyl groups is 2. The van der Waals surface area contributed by atoms with Gasteiger partial charge in [0, 0.05) is 25.6 Å². The van der Waals surface area contributed by atoms with Crippen LogP contribution in [0.2, 0.25) is 0 Å². The smallest absolute Gasteiger partial charge is 0.342 e. The van der Waals surface area contributed by atoms with Gasteiger partial charge in [0.1, 0.15) is 17.1 Å². The van der Waals surface area contributed by atoms with Gasteiger partial charge in [0.25, 0.3) is 5.91 Å². The molecule has 0 bridgehead atoms. The molecule has 2 aliphatic heterocycles. The number of allylic oxidation sites excluding steroid dienone is 3. The zero-order valence-electron chi connectivity index (χ0n) is 22.1. The Kier molecular flexibility index (Phi) is 10.2. The van der Waals surface area contributed by atoms with Crippen molar-refractivity contribution >= 4 is 17.6 Å². The normalized spacial score (nSPS) is 19.9. The molecule has 1 amide bonds. The van der Waals surface area contributed by atoms with Crippen molar-refractivity contribution in [1.82, 2.24) is 4.90 Å². The van der Waals surface area contributed by atoms with Crippen LogP contribution in [0.15, 0.2) is 71.9 Å². The minimum absolute atomic E-state index is 0.0237. The summed E-state index contributed by atoms with van der Waals surface area (Å²) in [6.07, 6.45) is 12.9. The van der Waals surface area contributed by atoms with E-state index in [0.717, 1.165) is 38.2 Å². The fourth-order valence-electron chi connectivity index (χ4n) is 4.90. The van der Waals surface area contributed by atoms with Crippen molar-refractivity contribution in [2.45, 2.75) is 44.9 Å². The molecule has 0 spiro atoms. The van der Waals surface area contributed by atoms with E-state index >= 15 is 0 Å². The van der Waals surface area contributed by atoms with Gasteiger partial charge in [-0.05, 0) is 67.7 Å². The first-order chi connectivity index (χ1) is 19.0. The third kappa shape index (κ3) is 8.46. The van der Waals surface area contributed by atoms with E-state index in [1.54, 1.807) is 6.08 Å². The number of hydrogen-bond donors (Lipinski definition) is 2. The summed E-state index contributed by atoms with van der Waals surface area (Å²) >= 11 is 0. The Labute approximate surface area is 229 Å². The number of benzene rings is 2. The van der Waals surface area contributed by atoms with E-state index in [9.17, 15) is 19.8 Å². The summed E-state index contributed by atoms with van der Waals surface area (Å²) in [5.74, 6) is -0.789. The maximum Gasteiger partial charge on any atom is 0.342 e. The zero-order chi connectivity index (χ0) is 27.5. The second-order valence-corrected chi connectivity index (χ2v) is 9.92. The molecule has 1 fully saturated rings. The van der Waals surface area contributed by atoms with Crippen LogP contribution in [0.25, 0.3) is 0 Å². The highest BCUT2D eigenvalue weighted by Crippen LogP contribution is 2.29. The van der Waals surface area contributed by atoms with E-state index in [4.69, 9.17) is 9.57 Å². The monoisotopic (exact) mass is 532 g/mol. The van der Waals surface area contributed by atoms with Gasteiger partial charge in [-0.25, -0.2) is 4.79 Å². The lowest BCUT2D eigenvalue weighted by molar-refractivity contribution is -0.137. The minimum atomic E-state index is -0.678. The van der Waals surface area contributed by atoms with Gasteiger partial charge < -0.3 is 24.7 Å². The summed E-state index contributed by atoms with van der Waals surface area (Å²) in [6, 6.07) is 12.9. The van der Waals surface area contributed by atoms with Gasteiger partial charge in [0.15, 0.2) is 6.61 Å². The lowest BCUT2D eigenvalue weighted by atomic mass is 9.90. The molecule has 39 heavy (non-hydrogen) atoms. The summed E-state index contributed by atoms with van der Waals surface area (Å²) < 4.78 is 5.32. The van der Waals surface area contributed by atoms with Crippen molar-refractivity contribution in [2.75, 3.05) is 26.3 Å². The summed E-state index contributed by atoms with van der Waals surface area (Å²) in [4.78, 5) is 32.8. The molecular formula is C31H36N2O6. The molecule has 0 aromatic heterocycles. The number of phenolic OH excluding ortho intramolecular Hbond substituents is 2. The van der Waals surface area contributed by atoms with E-state index < -0.39 is 5.97 Å². The fraction of sp³-hybridized carbons (Fsp3) is 0.387. The van der Waals surface area contributed by atoms with Gasteiger partial charge in [-0.3, -0.25) is 4.79 Å². The lowest BCUT2D eigenvalue weighted by Gasteiger charge is -2.31. The van der Waals surface area contributed by atoms with Crippen molar-refractivity contribution < 1.29 is 29.4 Å². The SMILES string of the molecule is O=C1OCC/C=C/CC/C=C/C(=N\OCC(=O)N2CCC(Cc3ccccc3)CC2)Cc2cc(O)cc(O)c21. The number of piperidine rings is 1. The predicted octanol–water partition coefficient (Wildman–Crippen LogP) is 4.95. The van der Waals surface area contributed by atoms with Crippen LogP contribution in [-0.4, -0.2) is 59.0 Å². The highest BCUT2D eigenvalue weighted by atomic mass is 16.6. The van der Waals surface area contributed by atoms with Gasteiger partial charge in [0.2, 0.25) is 0 Å². The predicted molar refractivity (Wildman–Crippen MR) is 149 cm³/mol. The number of esters is 1. The van der Waals surface area contributed by atoms with Gasteiger partial charge in [0.05, 0.1) is 12.3 Å². The Hall–Kier alpha value is -4.07. The number of phenols is 2. The number of hydrogen-bond acceptors (Lipinski definition) is 7. The van der Waals surface area contributed by atoms with Gasteiger partial charge in [-0.1, -0.05) is 53.7 Å². The molecule has 8 nitrogen and oxygen atoms in total. The van der Waals surface area contributed by atoms with Gasteiger partial charge in [-0.2, -0.15) is 0 Å². The Morgan fingerprint density at radius 1 is 1.03 bits per heavy atom. The third-order valence-corrected chi connectivity index (χ3v) is 6.96. The minimum Gasteiger partial charge on any atom is -0.508 e. The van der Waals surface area contributed by atoms with Gasteiger partial charge >= 0.3 is 5.97 Å². The number of carbonyl (C=O) groups is 2. The van der Waals surface area contributed by atoms with Crippen LogP contribution in [0.3, 0.4) is 0 Å². The quantitative estimate of drug-likeness (QED) is 0.321. The summed E-state index contributed by atoms with van der Waals surface area (Å²) in [6.45, 7) is 1.37. The molecule has 8 heteroatoms. The van der Waals surface area contributed by atoms with Crippen molar-refractivity contribution in [3.8, 4) is 11.5 Å². The molecule has 0 radical (unpaired) electrons. The standard InChI is InChI=1S/C31H36N2O6/c34-27-20-25-19-26(12-8-3-1-2-4-9-17-38-31(37)30(25)28(35)21-27)32-39-22-29(36)33-15-13-24(14-16-33)18-23-10-6-5-7-11-23/h2,4-8,10-12,20-21,24,34-35H,1,3,9,13-19,22H2/b4-2+,12-8+,32-26+. The first kappa shape index (κ1) is 28.0. The number of amides is 1. The molecule has 0 saturated carbocycles. The molecule has 2 aromatic carbocycles. The molecular weight excluding hydrogens is 496 g/mol. The Morgan fingerprint density at radius 3 is 2.56 bits per heavy atom. The number of nitrogens with zero attached hydrogens (tertiary/aromatic N) is 2. The topological polar surface area (TPSA) is 109 Å². The molecule has 0 aliphatic carbocycles. The van der Waals surface area contributed by atoms with E-state index in [0.29, 0.717) is 36.7 Å². The molecule has 206 valence electrons. The number of likely N-dealkylation sites (tertiary alicyclic amines) is 1. The maximum absolute atomic E-state index is 12.8. The van der Waals surface area contributed by atoms with Crippen molar-refractivity contribution in [3.05, 3.63) is 83.5 Å². The molecule has 2 aromatic rings. The third-order valence-electron chi connectivity index (χ3n) is 6.96. The lowest BCUT2D eigenvalue weighted by Crippen LogP contribution is -2.40. The average molecular weight is 533 g/mol. The molecule has 2 N–H and O–H groups in total. The van der Waals surface area contributed by atoms with Crippen LogP contribution in [0.5, 0.6) is 11.5 Å². The number of oxime groups is 1. The molecule has 0 atom stereocenters. The average Bonchev–Trinajstić information content (AvgIpc) is 2.92. The van der Waals surface area contributed by atoms with Crippen LogP contribution in [0.1, 0.15) is 53.6 Å². The zero-order valence-corrected chi connectivity index (χ0v) is 22.1. The van der Waals surface area contributed by atoms with E-state index in [2.05, 4.69) is 29.4 Å². The van der Waals surface area contributed by atoms with Crippen molar-refractivity contribution in [3.63, 3.8) is 0 Å². The van der Waals surface area contributed by atoms with Crippen molar-refractivity contribution in [2.24, 2.45) is 11.1 Å². The number of rotatable bonds is 5. The highest BCUT2D eigenvalue weighted by molar-refractivity contribution is 6.00. The van der Waals surface area contributed by atoms with E-state index in [1.165, 1.54) is 11.6 Å². The number of carbonyl (C=O) groups excluding carboxylic acids is 2. The van der Waals surface area contributed by atoms with Crippen LogP contribution in [0.4, 0.5) is 0 Å².